The number of aromatic amines is 1. The minimum atomic E-state index is -0.826. The van der Waals surface area contributed by atoms with Crippen LogP contribution in [0.4, 0.5) is 0 Å². The second-order valence-electron chi connectivity index (χ2n) is 4.54. The van der Waals surface area contributed by atoms with Crippen LogP contribution < -0.4 is 0 Å². The molecule has 2 aromatic rings. The Kier molecular flexibility index (Phi) is 4.30. The van der Waals surface area contributed by atoms with E-state index in [0.29, 0.717) is 13.0 Å². The lowest BCUT2D eigenvalue weighted by Gasteiger charge is -2.24. The highest BCUT2D eigenvalue weighted by molar-refractivity contribution is 5.73. The number of imidazole rings is 1. The predicted molar refractivity (Wildman–Crippen MR) is 71.6 cm³/mol. The fraction of sp³-hybridized carbons (Fsp3) is 0.286. The van der Waals surface area contributed by atoms with Gasteiger partial charge in [0.05, 0.1) is 6.33 Å². The van der Waals surface area contributed by atoms with Crippen LogP contribution in [0.25, 0.3) is 0 Å². The van der Waals surface area contributed by atoms with Crippen molar-refractivity contribution in [2.45, 2.75) is 19.0 Å². The minimum absolute atomic E-state index is 0.415. The van der Waals surface area contributed by atoms with Crippen LogP contribution in [-0.2, 0) is 17.8 Å². The molecule has 0 aliphatic carbocycles. The summed E-state index contributed by atoms with van der Waals surface area (Å²) in [6.45, 7) is 0.603. The van der Waals surface area contributed by atoms with Crippen molar-refractivity contribution in [1.29, 1.82) is 0 Å². The first-order valence-corrected chi connectivity index (χ1v) is 6.11. The Bertz CT molecular complexity index is 511. The van der Waals surface area contributed by atoms with Crippen LogP contribution in [-0.4, -0.2) is 39.0 Å². The highest BCUT2D eigenvalue weighted by Crippen LogP contribution is 2.10. The van der Waals surface area contributed by atoms with E-state index in [1.165, 1.54) is 0 Å². The molecule has 1 aromatic carbocycles. The van der Waals surface area contributed by atoms with Gasteiger partial charge < -0.3 is 10.1 Å². The number of nitrogens with zero attached hydrogens (tertiary/aromatic N) is 2. The molecular weight excluding hydrogens is 242 g/mol. The number of benzene rings is 1. The second kappa shape index (κ2) is 6.15. The number of rotatable bonds is 6. The molecule has 5 nitrogen and oxygen atoms in total. The van der Waals surface area contributed by atoms with E-state index >= 15 is 0 Å². The van der Waals surface area contributed by atoms with Gasteiger partial charge in [0.15, 0.2) is 0 Å². The lowest BCUT2D eigenvalue weighted by atomic mass is 10.1. The Labute approximate surface area is 111 Å². The average Bonchev–Trinajstić information content (AvgIpc) is 2.89. The quantitative estimate of drug-likeness (QED) is 0.825. The van der Waals surface area contributed by atoms with Crippen molar-refractivity contribution >= 4 is 5.97 Å². The molecule has 2 rings (SSSR count). The zero-order valence-corrected chi connectivity index (χ0v) is 10.8. The number of nitrogens with one attached hydrogen (secondary N) is 1. The van der Waals surface area contributed by atoms with Gasteiger partial charge in [0.25, 0.3) is 0 Å². The number of carbonyl (C=O) groups is 1. The highest BCUT2D eigenvalue weighted by atomic mass is 16.4. The third kappa shape index (κ3) is 3.66. The summed E-state index contributed by atoms with van der Waals surface area (Å²) in [5, 5.41) is 9.34. The molecule has 0 fully saturated rings. The normalized spacial score (nSPS) is 12.5. The minimum Gasteiger partial charge on any atom is -0.480 e. The van der Waals surface area contributed by atoms with Crippen LogP contribution in [0.1, 0.15) is 11.3 Å². The number of likely N-dealkylation sites (N-methyl/N-ethyl adjacent to an activating group) is 1. The molecule has 2 N–H and O–H groups in total. The van der Waals surface area contributed by atoms with E-state index in [9.17, 15) is 9.90 Å². The van der Waals surface area contributed by atoms with E-state index in [1.54, 1.807) is 12.5 Å². The number of aromatic nitrogens is 2. The number of hydrogen-bond donors (Lipinski definition) is 2. The van der Waals surface area contributed by atoms with E-state index in [1.807, 2.05) is 42.3 Å². The molecule has 1 atom stereocenters. The molecule has 0 bridgehead atoms. The number of carboxylic acids is 1. The van der Waals surface area contributed by atoms with E-state index < -0.39 is 12.0 Å². The third-order valence-corrected chi connectivity index (χ3v) is 3.06. The van der Waals surface area contributed by atoms with E-state index in [-0.39, 0.29) is 0 Å². The molecule has 0 spiro atoms. The van der Waals surface area contributed by atoms with Crippen molar-refractivity contribution in [3.8, 4) is 0 Å². The molecule has 0 saturated carbocycles. The van der Waals surface area contributed by atoms with Crippen LogP contribution in [0.15, 0.2) is 42.9 Å². The Balaban J connectivity index is 2.04. The number of H-pyrrole nitrogens is 1. The van der Waals surface area contributed by atoms with Crippen LogP contribution in [0.2, 0.25) is 0 Å². The maximum Gasteiger partial charge on any atom is 0.321 e. The lowest BCUT2D eigenvalue weighted by molar-refractivity contribution is -0.143. The summed E-state index contributed by atoms with van der Waals surface area (Å²) in [7, 11) is 1.82. The van der Waals surface area contributed by atoms with Crippen LogP contribution >= 0.6 is 0 Å². The molecule has 19 heavy (non-hydrogen) atoms. The fourth-order valence-electron chi connectivity index (χ4n) is 2.02. The van der Waals surface area contributed by atoms with Crippen molar-refractivity contribution in [2.24, 2.45) is 0 Å². The first-order chi connectivity index (χ1) is 9.16. The van der Waals surface area contributed by atoms with Crippen molar-refractivity contribution < 1.29 is 9.90 Å². The molecule has 0 aliphatic rings. The maximum absolute atomic E-state index is 11.4. The van der Waals surface area contributed by atoms with Gasteiger partial charge in [0, 0.05) is 24.9 Å². The second-order valence-corrected chi connectivity index (χ2v) is 4.54. The van der Waals surface area contributed by atoms with Gasteiger partial charge in [0.2, 0.25) is 0 Å². The molecule has 0 aliphatic heterocycles. The summed E-state index contributed by atoms with van der Waals surface area (Å²) in [5.74, 6) is -0.826. The van der Waals surface area contributed by atoms with Crippen LogP contribution in [0.5, 0.6) is 0 Å². The summed E-state index contributed by atoms with van der Waals surface area (Å²) >= 11 is 0. The Morgan fingerprint density at radius 3 is 2.74 bits per heavy atom. The largest absolute Gasteiger partial charge is 0.480 e. The summed E-state index contributed by atoms with van der Waals surface area (Å²) < 4.78 is 0. The van der Waals surface area contributed by atoms with Gasteiger partial charge >= 0.3 is 5.97 Å². The first kappa shape index (κ1) is 13.3. The summed E-state index contributed by atoms with van der Waals surface area (Å²) in [4.78, 5) is 20.1. The lowest BCUT2D eigenvalue weighted by Crippen LogP contribution is -2.39. The Hall–Kier alpha value is -2.14. The van der Waals surface area contributed by atoms with Crippen molar-refractivity contribution in [1.82, 2.24) is 14.9 Å². The number of carboxylic acid groups (broad SMARTS) is 1. The van der Waals surface area contributed by atoms with Gasteiger partial charge in [-0.05, 0) is 12.6 Å². The molecule has 100 valence electrons. The van der Waals surface area contributed by atoms with Gasteiger partial charge in [-0.15, -0.1) is 0 Å². The van der Waals surface area contributed by atoms with Crippen LogP contribution in [0, 0.1) is 0 Å². The number of hydrogen-bond acceptors (Lipinski definition) is 3. The Morgan fingerprint density at radius 2 is 2.16 bits per heavy atom. The topological polar surface area (TPSA) is 69.2 Å². The van der Waals surface area contributed by atoms with Gasteiger partial charge in [-0.1, -0.05) is 30.3 Å². The first-order valence-electron chi connectivity index (χ1n) is 6.11. The summed E-state index contributed by atoms with van der Waals surface area (Å²) in [5.41, 5.74) is 1.92. The molecule has 0 amide bonds. The predicted octanol–water partition coefficient (Wildman–Crippen LogP) is 1.54. The summed E-state index contributed by atoms with van der Waals surface area (Å²) in [6, 6.07) is 9.27. The summed E-state index contributed by atoms with van der Waals surface area (Å²) in [6.07, 6.45) is 3.64. The fourth-order valence-corrected chi connectivity index (χ4v) is 2.02. The third-order valence-electron chi connectivity index (χ3n) is 3.06. The van der Waals surface area contributed by atoms with Gasteiger partial charge in [-0.3, -0.25) is 9.69 Å². The smallest absolute Gasteiger partial charge is 0.321 e. The molecule has 1 heterocycles. The monoisotopic (exact) mass is 259 g/mol. The molecular formula is C14H17N3O2. The van der Waals surface area contributed by atoms with Gasteiger partial charge in [-0.2, -0.15) is 0 Å². The zero-order valence-electron chi connectivity index (χ0n) is 10.8. The molecule has 0 radical (unpaired) electrons. The maximum atomic E-state index is 11.4. The van der Waals surface area contributed by atoms with Crippen LogP contribution in [0.3, 0.4) is 0 Å². The van der Waals surface area contributed by atoms with Crippen molar-refractivity contribution in [3.63, 3.8) is 0 Å². The van der Waals surface area contributed by atoms with E-state index in [2.05, 4.69) is 9.97 Å². The molecule has 5 heteroatoms. The van der Waals surface area contributed by atoms with Gasteiger partial charge in [0.1, 0.15) is 6.04 Å². The van der Waals surface area contributed by atoms with E-state index in [4.69, 9.17) is 0 Å². The molecule has 1 aromatic heterocycles. The molecule has 0 saturated heterocycles. The van der Waals surface area contributed by atoms with Gasteiger partial charge in [-0.25, -0.2) is 4.98 Å². The standard InChI is InChI=1S/C14H17N3O2/c1-17(9-11-5-3-2-4-6-11)13(14(18)19)7-12-8-15-10-16-12/h2-6,8,10,13H,7,9H2,1H3,(H,15,16)(H,18,19)/t13-/m0/s1. The highest BCUT2D eigenvalue weighted by Gasteiger charge is 2.23. The SMILES string of the molecule is CN(Cc1ccccc1)[C@@H](Cc1cnc[nH]1)C(=O)O. The van der Waals surface area contributed by atoms with Crippen molar-refractivity contribution in [2.75, 3.05) is 7.05 Å². The zero-order chi connectivity index (χ0) is 13.7. The van der Waals surface area contributed by atoms with Crippen molar-refractivity contribution in [3.05, 3.63) is 54.1 Å². The molecule has 0 unspecified atom stereocenters. The van der Waals surface area contributed by atoms with E-state index in [0.717, 1.165) is 11.3 Å². The number of aliphatic carboxylic acids is 1. The Morgan fingerprint density at radius 1 is 1.42 bits per heavy atom. The average molecular weight is 259 g/mol.